The van der Waals surface area contributed by atoms with Gasteiger partial charge in [0.15, 0.2) is 6.23 Å². The standard InChI is InChI=1S/C17H20N2O3S3/c1-18-16(22)15(25-17(18)23)10-13-8-11-2-3-12(9-14(11)24-13)19(4-6-20)5-7-21/h2-3,8-10,16,20-22H,4-7H2,1H3/b15-10-. The third-order valence-corrected chi connectivity index (χ3v) is 6.64. The normalized spacial score (nSPS) is 19.4. The minimum atomic E-state index is -0.678. The Balaban J connectivity index is 1.89. The molecule has 1 aromatic heterocycles. The third kappa shape index (κ3) is 3.99. The number of fused-ring (bicyclic) bond motifs is 1. The van der Waals surface area contributed by atoms with E-state index in [0.717, 1.165) is 25.6 Å². The predicted octanol–water partition coefficient (Wildman–Crippen LogP) is 2.32. The van der Waals surface area contributed by atoms with Crippen molar-refractivity contribution in [1.82, 2.24) is 4.90 Å². The summed E-state index contributed by atoms with van der Waals surface area (Å²) < 4.78 is 1.80. The second-order valence-electron chi connectivity index (χ2n) is 5.70. The fourth-order valence-electron chi connectivity index (χ4n) is 2.68. The van der Waals surface area contributed by atoms with E-state index in [0.29, 0.717) is 17.4 Å². The Bertz CT molecular complexity index is 800. The maximum absolute atomic E-state index is 10.2. The summed E-state index contributed by atoms with van der Waals surface area (Å²) in [6.45, 7) is 1.06. The van der Waals surface area contributed by atoms with Gasteiger partial charge >= 0.3 is 0 Å². The van der Waals surface area contributed by atoms with Gasteiger partial charge in [-0.2, -0.15) is 0 Å². The average molecular weight is 397 g/mol. The van der Waals surface area contributed by atoms with Crippen LogP contribution in [0.5, 0.6) is 0 Å². The summed E-state index contributed by atoms with van der Waals surface area (Å²) in [6.07, 6.45) is 1.30. The molecule has 25 heavy (non-hydrogen) atoms. The number of likely N-dealkylation sites (N-methyl/N-ethyl adjacent to an activating group) is 1. The van der Waals surface area contributed by atoms with Gasteiger partial charge in [0.25, 0.3) is 0 Å². The monoisotopic (exact) mass is 396 g/mol. The zero-order valence-corrected chi connectivity index (χ0v) is 16.2. The molecule has 1 aliphatic heterocycles. The van der Waals surface area contributed by atoms with E-state index in [2.05, 4.69) is 12.1 Å². The number of benzene rings is 1. The summed E-state index contributed by atoms with van der Waals surface area (Å²) >= 11 is 8.28. The SMILES string of the molecule is CN1C(=S)S/C(=C\c2cc3ccc(N(CCO)CCO)cc3s2)C1O. The highest BCUT2D eigenvalue weighted by Gasteiger charge is 2.29. The van der Waals surface area contributed by atoms with Crippen LogP contribution >= 0.6 is 35.3 Å². The molecule has 8 heteroatoms. The second kappa shape index (κ2) is 8.03. The molecule has 1 aromatic carbocycles. The van der Waals surface area contributed by atoms with Crippen molar-refractivity contribution in [1.29, 1.82) is 0 Å². The predicted molar refractivity (Wildman–Crippen MR) is 110 cm³/mol. The molecule has 2 aromatic rings. The van der Waals surface area contributed by atoms with Gasteiger partial charge in [-0.25, -0.2) is 0 Å². The summed E-state index contributed by atoms with van der Waals surface area (Å²) in [6, 6.07) is 8.20. The first-order valence-corrected chi connectivity index (χ1v) is 9.92. The molecule has 2 heterocycles. The number of aliphatic hydroxyl groups is 3. The maximum Gasteiger partial charge on any atom is 0.160 e. The minimum absolute atomic E-state index is 0.0440. The van der Waals surface area contributed by atoms with Crippen LogP contribution in [-0.4, -0.2) is 64.1 Å². The third-order valence-electron chi connectivity index (χ3n) is 4.03. The first-order chi connectivity index (χ1) is 12.0. The zero-order chi connectivity index (χ0) is 18.0. The van der Waals surface area contributed by atoms with Crippen LogP contribution in [0.25, 0.3) is 16.2 Å². The first-order valence-electron chi connectivity index (χ1n) is 7.88. The van der Waals surface area contributed by atoms with E-state index in [1.165, 1.54) is 11.8 Å². The lowest BCUT2D eigenvalue weighted by molar-refractivity contribution is 0.120. The van der Waals surface area contributed by atoms with Crippen molar-refractivity contribution < 1.29 is 15.3 Å². The van der Waals surface area contributed by atoms with Crippen molar-refractivity contribution in [2.45, 2.75) is 6.23 Å². The van der Waals surface area contributed by atoms with Crippen molar-refractivity contribution in [3.05, 3.63) is 34.0 Å². The lowest BCUT2D eigenvalue weighted by Gasteiger charge is -2.22. The van der Waals surface area contributed by atoms with Gasteiger partial charge in [-0.1, -0.05) is 30.0 Å². The van der Waals surface area contributed by atoms with E-state index in [4.69, 9.17) is 12.2 Å². The molecule has 134 valence electrons. The maximum atomic E-state index is 10.2. The second-order valence-corrected chi connectivity index (χ2v) is 8.53. The van der Waals surface area contributed by atoms with Gasteiger partial charge in [0.1, 0.15) is 4.32 Å². The molecule has 0 bridgehead atoms. The quantitative estimate of drug-likeness (QED) is 0.648. The Hall–Kier alpha value is -1.16. The van der Waals surface area contributed by atoms with Gasteiger partial charge in [-0.15, -0.1) is 11.3 Å². The largest absolute Gasteiger partial charge is 0.395 e. The molecule has 0 radical (unpaired) electrons. The smallest absolute Gasteiger partial charge is 0.160 e. The van der Waals surface area contributed by atoms with Crippen molar-refractivity contribution in [3.8, 4) is 0 Å². The summed E-state index contributed by atoms with van der Waals surface area (Å²) in [5.41, 5.74) is 0.979. The molecule has 1 saturated heterocycles. The van der Waals surface area contributed by atoms with Gasteiger partial charge in [0, 0.05) is 40.3 Å². The summed E-state index contributed by atoms with van der Waals surface area (Å²) in [4.78, 5) is 5.53. The molecule has 0 aliphatic carbocycles. The van der Waals surface area contributed by atoms with Gasteiger partial charge in [-0.05, 0) is 29.7 Å². The number of thiophene rings is 1. The van der Waals surface area contributed by atoms with Crippen LogP contribution < -0.4 is 4.90 Å². The Morgan fingerprint density at radius 2 is 1.96 bits per heavy atom. The zero-order valence-electron chi connectivity index (χ0n) is 13.8. The van der Waals surface area contributed by atoms with E-state index in [-0.39, 0.29) is 13.2 Å². The molecule has 3 N–H and O–H groups in total. The van der Waals surface area contributed by atoms with Gasteiger partial charge in [-0.3, -0.25) is 0 Å². The van der Waals surface area contributed by atoms with Crippen LogP contribution in [-0.2, 0) is 0 Å². The Labute approximate surface area is 160 Å². The summed E-state index contributed by atoms with van der Waals surface area (Å²) in [5, 5.41) is 29.7. The highest BCUT2D eigenvalue weighted by molar-refractivity contribution is 8.25. The highest BCUT2D eigenvalue weighted by Crippen LogP contribution is 2.37. The van der Waals surface area contributed by atoms with Crippen molar-refractivity contribution in [2.24, 2.45) is 0 Å². The van der Waals surface area contributed by atoms with Crippen LogP contribution in [0.3, 0.4) is 0 Å². The number of rotatable bonds is 6. The minimum Gasteiger partial charge on any atom is -0.395 e. The molecule has 1 aliphatic rings. The topological polar surface area (TPSA) is 67.2 Å². The van der Waals surface area contributed by atoms with Crippen molar-refractivity contribution in [3.63, 3.8) is 0 Å². The van der Waals surface area contributed by atoms with Crippen molar-refractivity contribution >= 4 is 61.5 Å². The van der Waals surface area contributed by atoms with Crippen LogP contribution in [0.15, 0.2) is 29.2 Å². The molecule has 5 nitrogen and oxygen atoms in total. The number of thiocarbonyl (C=S) groups is 1. The van der Waals surface area contributed by atoms with Gasteiger partial charge < -0.3 is 25.1 Å². The Morgan fingerprint density at radius 1 is 1.24 bits per heavy atom. The van der Waals surface area contributed by atoms with Crippen LogP contribution in [0.4, 0.5) is 5.69 Å². The molecule has 0 spiro atoms. The van der Waals surface area contributed by atoms with Crippen LogP contribution in [0.2, 0.25) is 0 Å². The molecule has 0 amide bonds. The highest BCUT2D eigenvalue weighted by atomic mass is 32.2. The number of aliphatic hydroxyl groups excluding tert-OH is 3. The van der Waals surface area contributed by atoms with Crippen LogP contribution in [0, 0.1) is 0 Å². The van der Waals surface area contributed by atoms with E-state index in [1.54, 1.807) is 23.3 Å². The molecule has 3 rings (SSSR count). The van der Waals surface area contributed by atoms with E-state index in [1.807, 2.05) is 23.1 Å². The number of anilines is 1. The molecule has 0 saturated carbocycles. The number of hydrogen-bond acceptors (Lipinski definition) is 7. The lowest BCUT2D eigenvalue weighted by Crippen LogP contribution is -2.29. The molecule has 1 atom stereocenters. The Morgan fingerprint density at radius 3 is 2.56 bits per heavy atom. The molecular weight excluding hydrogens is 376 g/mol. The van der Waals surface area contributed by atoms with Gasteiger partial charge in [0.05, 0.1) is 13.2 Å². The van der Waals surface area contributed by atoms with E-state index >= 15 is 0 Å². The summed E-state index contributed by atoms with van der Waals surface area (Å²) in [7, 11) is 1.79. The average Bonchev–Trinajstić information content (AvgIpc) is 3.10. The Kier molecular flexibility index (Phi) is 5.98. The summed E-state index contributed by atoms with van der Waals surface area (Å²) in [5.74, 6) is 0. The lowest BCUT2D eigenvalue weighted by atomic mass is 10.2. The molecule has 1 fully saturated rings. The number of thioether (sulfide) groups is 1. The van der Waals surface area contributed by atoms with Crippen molar-refractivity contribution in [2.75, 3.05) is 38.3 Å². The van der Waals surface area contributed by atoms with E-state index < -0.39 is 6.23 Å². The number of nitrogens with zero attached hydrogens (tertiary/aromatic N) is 2. The molecular formula is C17H20N2O3S3. The molecule has 1 unspecified atom stereocenters. The fraction of sp³-hybridized carbons (Fsp3) is 0.353. The number of hydrogen-bond donors (Lipinski definition) is 3. The van der Waals surface area contributed by atoms with E-state index in [9.17, 15) is 15.3 Å². The van der Waals surface area contributed by atoms with Crippen LogP contribution in [0.1, 0.15) is 4.88 Å². The fourth-order valence-corrected chi connectivity index (χ4v) is 5.09. The van der Waals surface area contributed by atoms with Gasteiger partial charge in [0.2, 0.25) is 0 Å². The first kappa shape index (κ1) is 18.6.